The fourth-order valence-corrected chi connectivity index (χ4v) is 1.77. The highest BCUT2D eigenvalue weighted by Gasteiger charge is 2.02. The molecular formula is C14H19N. The fourth-order valence-electron chi connectivity index (χ4n) is 1.77. The standard InChI is InChI=1S/C14H19N/c1-3-4-5-12(2)10-13-6-8-14(11-15)9-7-13/h6-9,12H,3-5,10H2,1-2H3. The Labute approximate surface area is 92.7 Å². The monoisotopic (exact) mass is 201 g/mol. The van der Waals surface area contributed by atoms with Gasteiger partial charge in [-0.3, -0.25) is 0 Å². The van der Waals surface area contributed by atoms with E-state index in [-0.39, 0.29) is 0 Å². The zero-order valence-electron chi connectivity index (χ0n) is 9.66. The number of hydrogen-bond acceptors (Lipinski definition) is 1. The van der Waals surface area contributed by atoms with Gasteiger partial charge in [-0.1, -0.05) is 45.2 Å². The van der Waals surface area contributed by atoms with Crippen LogP contribution in [0.2, 0.25) is 0 Å². The lowest BCUT2D eigenvalue weighted by Gasteiger charge is -2.10. The number of hydrogen-bond donors (Lipinski definition) is 0. The predicted molar refractivity (Wildman–Crippen MR) is 63.6 cm³/mol. The molecule has 0 spiro atoms. The van der Waals surface area contributed by atoms with E-state index in [0.717, 1.165) is 17.9 Å². The zero-order chi connectivity index (χ0) is 11.1. The van der Waals surface area contributed by atoms with Gasteiger partial charge < -0.3 is 0 Å². The summed E-state index contributed by atoms with van der Waals surface area (Å²) < 4.78 is 0. The van der Waals surface area contributed by atoms with Gasteiger partial charge in [-0.25, -0.2) is 0 Å². The first-order valence-corrected chi connectivity index (χ1v) is 5.75. The lowest BCUT2D eigenvalue weighted by atomic mass is 9.95. The number of nitrogens with zero attached hydrogens (tertiary/aromatic N) is 1. The molecule has 1 aromatic rings. The average Bonchev–Trinajstić information content (AvgIpc) is 2.27. The fraction of sp³-hybridized carbons (Fsp3) is 0.500. The Balaban J connectivity index is 2.47. The normalized spacial score (nSPS) is 12.1. The second kappa shape index (κ2) is 6.24. The van der Waals surface area contributed by atoms with E-state index in [2.05, 4.69) is 32.0 Å². The second-order valence-corrected chi connectivity index (χ2v) is 4.26. The molecule has 1 unspecified atom stereocenters. The minimum Gasteiger partial charge on any atom is -0.192 e. The smallest absolute Gasteiger partial charge is 0.0991 e. The molecule has 80 valence electrons. The predicted octanol–water partition coefficient (Wildman–Crippen LogP) is 3.93. The molecule has 0 fully saturated rings. The Hall–Kier alpha value is -1.29. The summed E-state index contributed by atoms with van der Waals surface area (Å²) in [5.41, 5.74) is 2.09. The van der Waals surface area contributed by atoms with Crippen molar-refractivity contribution in [3.05, 3.63) is 35.4 Å². The highest BCUT2D eigenvalue weighted by Crippen LogP contribution is 2.15. The lowest BCUT2D eigenvalue weighted by Crippen LogP contribution is -1.99. The minimum atomic E-state index is 0.748. The Morgan fingerprint density at radius 1 is 1.27 bits per heavy atom. The largest absolute Gasteiger partial charge is 0.192 e. The molecule has 0 aliphatic carbocycles. The summed E-state index contributed by atoms with van der Waals surface area (Å²) in [6.07, 6.45) is 5.03. The van der Waals surface area contributed by atoms with Crippen molar-refractivity contribution in [2.45, 2.75) is 39.5 Å². The third-order valence-corrected chi connectivity index (χ3v) is 2.72. The maximum absolute atomic E-state index is 8.68. The van der Waals surface area contributed by atoms with Gasteiger partial charge in [0, 0.05) is 0 Å². The van der Waals surface area contributed by atoms with Crippen LogP contribution in [0.5, 0.6) is 0 Å². The van der Waals surface area contributed by atoms with Crippen molar-refractivity contribution < 1.29 is 0 Å². The van der Waals surface area contributed by atoms with Gasteiger partial charge in [0.1, 0.15) is 0 Å². The molecule has 1 atom stereocenters. The summed E-state index contributed by atoms with van der Waals surface area (Å²) in [5.74, 6) is 0.748. The van der Waals surface area contributed by atoms with Crippen molar-refractivity contribution in [2.24, 2.45) is 5.92 Å². The van der Waals surface area contributed by atoms with Crippen LogP contribution >= 0.6 is 0 Å². The van der Waals surface area contributed by atoms with Crippen LogP contribution in [0, 0.1) is 17.2 Å². The van der Waals surface area contributed by atoms with E-state index in [0.29, 0.717) is 0 Å². The Kier molecular flexibility index (Phi) is 4.90. The van der Waals surface area contributed by atoms with Gasteiger partial charge in [-0.2, -0.15) is 5.26 Å². The van der Waals surface area contributed by atoms with Crippen molar-refractivity contribution in [2.75, 3.05) is 0 Å². The van der Waals surface area contributed by atoms with Crippen LogP contribution in [0.1, 0.15) is 44.2 Å². The second-order valence-electron chi connectivity index (χ2n) is 4.26. The van der Waals surface area contributed by atoms with Crippen LogP contribution in [0.25, 0.3) is 0 Å². The van der Waals surface area contributed by atoms with Crippen molar-refractivity contribution in [1.82, 2.24) is 0 Å². The van der Waals surface area contributed by atoms with Crippen molar-refractivity contribution in [3.8, 4) is 6.07 Å². The first-order chi connectivity index (χ1) is 7.26. The van der Waals surface area contributed by atoms with E-state index in [1.54, 1.807) is 0 Å². The van der Waals surface area contributed by atoms with Crippen molar-refractivity contribution in [1.29, 1.82) is 5.26 Å². The third-order valence-electron chi connectivity index (χ3n) is 2.72. The molecule has 1 heteroatoms. The molecule has 0 amide bonds. The van der Waals surface area contributed by atoms with Gasteiger partial charge in [0.15, 0.2) is 0 Å². The van der Waals surface area contributed by atoms with E-state index in [4.69, 9.17) is 5.26 Å². The first kappa shape index (κ1) is 11.8. The van der Waals surface area contributed by atoms with Crippen molar-refractivity contribution >= 4 is 0 Å². The van der Waals surface area contributed by atoms with Gasteiger partial charge in [0.2, 0.25) is 0 Å². The summed E-state index contributed by atoms with van der Waals surface area (Å²) in [7, 11) is 0. The SMILES string of the molecule is CCCCC(C)Cc1ccc(C#N)cc1. The maximum atomic E-state index is 8.68. The number of rotatable bonds is 5. The zero-order valence-corrected chi connectivity index (χ0v) is 9.66. The molecule has 1 aromatic carbocycles. The van der Waals surface area contributed by atoms with Gasteiger partial charge >= 0.3 is 0 Å². The van der Waals surface area contributed by atoms with E-state index < -0.39 is 0 Å². The van der Waals surface area contributed by atoms with E-state index in [9.17, 15) is 0 Å². The Morgan fingerprint density at radius 2 is 1.93 bits per heavy atom. The Bertz CT molecular complexity index is 318. The molecule has 15 heavy (non-hydrogen) atoms. The number of unbranched alkanes of at least 4 members (excludes halogenated alkanes) is 1. The molecule has 0 saturated carbocycles. The highest BCUT2D eigenvalue weighted by atomic mass is 14.2. The number of nitriles is 1. The van der Waals surface area contributed by atoms with E-state index >= 15 is 0 Å². The third kappa shape index (κ3) is 4.16. The average molecular weight is 201 g/mol. The van der Waals surface area contributed by atoms with Crippen LogP contribution in [0.4, 0.5) is 0 Å². The van der Waals surface area contributed by atoms with Crippen LogP contribution in [0.15, 0.2) is 24.3 Å². The Morgan fingerprint density at radius 3 is 2.47 bits per heavy atom. The van der Waals surface area contributed by atoms with Crippen LogP contribution in [-0.2, 0) is 6.42 Å². The minimum absolute atomic E-state index is 0.748. The summed E-state index contributed by atoms with van der Waals surface area (Å²) in [4.78, 5) is 0. The molecule has 0 saturated heterocycles. The molecule has 0 aliphatic heterocycles. The van der Waals surface area contributed by atoms with Crippen LogP contribution in [0.3, 0.4) is 0 Å². The van der Waals surface area contributed by atoms with Gasteiger partial charge in [-0.15, -0.1) is 0 Å². The van der Waals surface area contributed by atoms with E-state index in [1.165, 1.54) is 24.8 Å². The van der Waals surface area contributed by atoms with Crippen LogP contribution in [-0.4, -0.2) is 0 Å². The first-order valence-electron chi connectivity index (χ1n) is 5.75. The van der Waals surface area contributed by atoms with Crippen LogP contribution < -0.4 is 0 Å². The number of benzene rings is 1. The lowest BCUT2D eigenvalue weighted by molar-refractivity contribution is 0.503. The topological polar surface area (TPSA) is 23.8 Å². The highest BCUT2D eigenvalue weighted by molar-refractivity contribution is 5.31. The molecule has 0 aliphatic rings. The molecular weight excluding hydrogens is 182 g/mol. The molecule has 1 nitrogen and oxygen atoms in total. The van der Waals surface area contributed by atoms with Crippen molar-refractivity contribution in [3.63, 3.8) is 0 Å². The van der Waals surface area contributed by atoms with Gasteiger partial charge in [0.25, 0.3) is 0 Å². The quantitative estimate of drug-likeness (QED) is 0.708. The summed E-state index contributed by atoms with van der Waals surface area (Å²) in [6.45, 7) is 4.53. The summed E-state index contributed by atoms with van der Waals surface area (Å²) in [6, 6.07) is 10.1. The molecule has 0 bridgehead atoms. The molecule has 0 N–H and O–H groups in total. The molecule has 0 radical (unpaired) electrons. The molecule has 0 heterocycles. The summed E-state index contributed by atoms with van der Waals surface area (Å²) in [5, 5.41) is 8.68. The van der Waals surface area contributed by atoms with Gasteiger partial charge in [0.05, 0.1) is 11.6 Å². The van der Waals surface area contributed by atoms with E-state index in [1.807, 2.05) is 12.1 Å². The summed E-state index contributed by atoms with van der Waals surface area (Å²) >= 11 is 0. The molecule has 0 aromatic heterocycles. The maximum Gasteiger partial charge on any atom is 0.0991 e. The molecule has 1 rings (SSSR count). The van der Waals surface area contributed by atoms with Gasteiger partial charge in [-0.05, 0) is 30.0 Å².